The molecule has 10 heteroatoms. The van der Waals surface area contributed by atoms with E-state index in [1.165, 1.54) is 6.07 Å². The first-order valence-corrected chi connectivity index (χ1v) is 11.0. The second-order valence-electron chi connectivity index (χ2n) is 6.68. The van der Waals surface area contributed by atoms with Crippen LogP contribution in [0.1, 0.15) is 37.2 Å². The molecular weight excluding hydrogens is 462 g/mol. The Labute approximate surface area is 195 Å². The molecule has 6 nitrogen and oxygen atoms in total. The Morgan fingerprint density at radius 3 is 2.65 bits per heavy atom. The van der Waals surface area contributed by atoms with Crippen molar-refractivity contribution in [3.05, 3.63) is 67.9 Å². The average Bonchev–Trinajstić information content (AvgIpc) is 3.08. The third-order valence-corrected chi connectivity index (χ3v) is 5.47. The predicted octanol–water partition coefficient (Wildman–Crippen LogP) is 6.06. The Hall–Kier alpha value is -2.29. The van der Waals surface area contributed by atoms with Crippen molar-refractivity contribution < 1.29 is 13.9 Å². The van der Waals surface area contributed by atoms with Crippen LogP contribution >= 0.6 is 35.4 Å². The normalized spacial score (nSPS) is 10.9. The lowest BCUT2D eigenvalue weighted by Gasteiger charge is -2.16. The molecule has 0 aliphatic rings. The van der Waals surface area contributed by atoms with Crippen molar-refractivity contribution in [1.82, 2.24) is 14.9 Å². The standard InChI is InChI=1S/C21H23Cl2FN4O2S/c1-3-6-20-26-27-21(31)28(20)25-11-13-9-18(29-4-2)19(10-16(13)23)30-12-14-15(22)7-5-8-17(14)24/h5,7-10,25H,3-4,6,11-12H2,1-2H3,(H,27,31). The van der Waals surface area contributed by atoms with Gasteiger partial charge in [-0.1, -0.05) is 36.2 Å². The summed E-state index contributed by atoms with van der Waals surface area (Å²) in [6.07, 6.45) is 1.72. The molecule has 166 valence electrons. The monoisotopic (exact) mass is 484 g/mol. The van der Waals surface area contributed by atoms with E-state index in [0.717, 1.165) is 24.2 Å². The molecule has 2 aromatic carbocycles. The highest BCUT2D eigenvalue weighted by atomic mass is 35.5. The van der Waals surface area contributed by atoms with E-state index in [4.69, 9.17) is 44.9 Å². The summed E-state index contributed by atoms with van der Waals surface area (Å²) in [6.45, 7) is 4.71. The number of ether oxygens (including phenoxy) is 2. The molecule has 3 aromatic rings. The number of aromatic amines is 1. The lowest BCUT2D eigenvalue weighted by Crippen LogP contribution is -2.18. The van der Waals surface area contributed by atoms with Crippen LogP contribution in [0.5, 0.6) is 11.5 Å². The summed E-state index contributed by atoms with van der Waals surface area (Å²) in [6, 6.07) is 7.94. The molecular formula is C21H23Cl2FN4O2S. The van der Waals surface area contributed by atoms with Gasteiger partial charge in [-0.2, -0.15) is 5.10 Å². The summed E-state index contributed by atoms with van der Waals surface area (Å²) in [4.78, 5) is 0. The lowest BCUT2D eigenvalue weighted by atomic mass is 10.2. The quantitative estimate of drug-likeness (QED) is 0.342. The molecule has 2 N–H and O–H groups in total. The fourth-order valence-corrected chi connectivity index (χ4v) is 3.62. The Kier molecular flexibility index (Phi) is 8.17. The minimum absolute atomic E-state index is 0.0515. The molecule has 0 saturated heterocycles. The minimum Gasteiger partial charge on any atom is -0.490 e. The SMILES string of the molecule is CCCc1n[nH]c(=S)n1NCc1cc(OCC)c(OCc2c(F)cccc2Cl)cc1Cl. The van der Waals surface area contributed by atoms with Crippen molar-refractivity contribution in [2.24, 2.45) is 0 Å². The number of aromatic nitrogens is 3. The van der Waals surface area contributed by atoms with Crippen molar-refractivity contribution in [1.29, 1.82) is 0 Å². The molecule has 0 atom stereocenters. The molecule has 0 saturated carbocycles. The first-order chi connectivity index (χ1) is 14.9. The number of rotatable bonds is 10. The van der Waals surface area contributed by atoms with E-state index in [-0.39, 0.29) is 12.2 Å². The summed E-state index contributed by atoms with van der Waals surface area (Å²) in [5.41, 5.74) is 4.29. The van der Waals surface area contributed by atoms with E-state index < -0.39 is 5.82 Å². The van der Waals surface area contributed by atoms with Crippen molar-refractivity contribution >= 4 is 35.4 Å². The van der Waals surface area contributed by atoms with Gasteiger partial charge in [0.15, 0.2) is 17.3 Å². The molecule has 0 spiro atoms. The summed E-state index contributed by atoms with van der Waals surface area (Å²) in [5, 5.41) is 7.79. The van der Waals surface area contributed by atoms with Gasteiger partial charge in [-0.15, -0.1) is 0 Å². The summed E-state index contributed by atoms with van der Waals surface area (Å²) >= 11 is 17.9. The van der Waals surface area contributed by atoms with E-state index in [2.05, 4.69) is 22.5 Å². The number of hydrogen-bond acceptors (Lipinski definition) is 5. The van der Waals surface area contributed by atoms with Crippen LogP contribution < -0.4 is 14.9 Å². The number of benzene rings is 2. The number of halogens is 3. The van der Waals surface area contributed by atoms with Crippen LogP contribution in [0.2, 0.25) is 10.0 Å². The van der Waals surface area contributed by atoms with Crippen molar-refractivity contribution in [2.45, 2.75) is 39.8 Å². The maximum absolute atomic E-state index is 14.1. The first-order valence-electron chi connectivity index (χ1n) is 9.85. The predicted molar refractivity (Wildman–Crippen MR) is 123 cm³/mol. The highest BCUT2D eigenvalue weighted by Crippen LogP contribution is 2.35. The molecule has 31 heavy (non-hydrogen) atoms. The van der Waals surface area contributed by atoms with E-state index in [1.54, 1.807) is 28.9 Å². The zero-order valence-corrected chi connectivity index (χ0v) is 19.5. The minimum atomic E-state index is -0.433. The van der Waals surface area contributed by atoms with Crippen LogP contribution in [0.3, 0.4) is 0 Å². The molecule has 0 radical (unpaired) electrons. The Bertz CT molecular complexity index is 1080. The molecule has 0 aliphatic carbocycles. The van der Waals surface area contributed by atoms with E-state index in [1.807, 2.05) is 6.92 Å². The van der Waals surface area contributed by atoms with Crippen molar-refractivity contribution in [3.63, 3.8) is 0 Å². The number of aryl methyl sites for hydroxylation is 1. The van der Waals surface area contributed by atoms with Crippen molar-refractivity contribution in [3.8, 4) is 11.5 Å². The Balaban J connectivity index is 1.80. The summed E-state index contributed by atoms with van der Waals surface area (Å²) in [5.74, 6) is 1.29. The molecule has 0 fully saturated rings. The highest BCUT2D eigenvalue weighted by molar-refractivity contribution is 7.71. The lowest BCUT2D eigenvalue weighted by molar-refractivity contribution is 0.265. The molecule has 0 aliphatic heterocycles. The van der Waals surface area contributed by atoms with Crippen LogP contribution in [0.15, 0.2) is 30.3 Å². The molecule has 0 unspecified atom stereocenters. The van der Waals surface area contributed by atoms with Crippen LogP contribution in [-0.4, -0.2) is 21.5 Å². The van der Waals surface area contributed by atoms with Gasteiger partial charge in [-0.25, -0.2) is 9.07 Å². The smallest absolute Gasteiger partial charge is 0.214 e. The van der Waals surface area contributed by atoms with Gasteiger partial charge in [-0.3, -0.25) is 5.10 Å². The zero-order valence-electron chi connectivity index (χ0n) is 17.2. The van der Waals surface area contributed by atoms with Gasteiger partial charge in [0.1, 0.15) is 12.4 Å². The van der Waals surface area contributed by atoms with Gasteiger partial charge in [0.2, 0.25) is 4.77 Å². The fourth-order valence-electron chi connectivity index (χ4n) is 2.96. The number of nitrogens with zero attached hydrogens (tertiary/aromatic N) is 2. The van der Waals surface area contributed by atoms with Crippen molar-refractivity contribution in [2.75, 3.05) is 12.0 Å². The fraction of sp³-hybridized carbons (Fsp3) is 0.333. The molecule has 0 amide bonds. The van der Waals surface area contributed by atoms with Gasteiger partial charge < -0.3 is 14.9 Å². The maximum atomic E-state index is 14.1. The van der Waals surface area contributed by atoms with Crippen LogP contribution in [-0.2, 0) is 19.6 Å². The highest BCUT2D eigenvalue weighted by Gasteiger charge is 2.15. The van der Waals surface area contributed by atoms with Gasteiger partial charge in [0, 0.05) is 23.1 Å². The van der Waals surface area contributed by atoms with Gasteiger partial charge in [0.25, 0.3) is 0 Å². The number of H-pyrrole nitrogens is 1. The molecule has 0 bridgehead atoms. The van der Waals surface area contributed by atoms with Crippen LogP contribution in [0, 0.1) is 10.6 Å². The van der Waals surface area contributed by atoms with E-state index in [9.17, 15) is 4.39 Å². The van der Waals surface area contributed by atoms with E-state index in [0.29, 0.717) is 39.5 Å². The van der Waals surface area contributed by atoms with Crippen LogP contribution in [0.25, 0.3) is 0 Å². The maximum Gasteiger partial charge on any atom is 0.214 e. The van der Waals surface area contributed by atoms with E-state index >= 15 is 0 Å². The Morgan fingerprint density at radius 1 is 1.16 bits per heavy atom. The second kappa shape index (κ2) is 10.8. The number of hydrogen-bond donors (Lipinski definition) is 2. The Morgan fingerprint density at radius 2 is 1.94 bits per heavy atom. The summed E-state index contributed by atoms with van der Waals surface area (Å²) < 4.78 is 27.8. The molecule has 1 heterocycles. The average molecular weight is 485 g/mol. The topological polar surface area (TPSA) is 64.1 Å². The van der Waals surface area contributed by atoms with Crippen LogP contribution in [0.4, 0.5) is 4.39 Å². The second-order valence-corrected chi connectivity index (χ2v) is 7.88. The third-order valence-electron chi connectivity index (χ3n) is 4.49. The third kappa shape index (κ3) is 5.70. The van der Waals surface area contributed by atoms with Gasteiger partial charge >= 0.3 is 0 Å². The first kappa shape index (κ1) is 23.4. The molecule has 1 aromatic heterocycles. The molecule has 3 rings (SSSR count). The zero-order chi connectivity index (χ0) is 22.4. The number of nitrogens with one attached hydrogen (secondary N) is 2. The van der Waals surface area contributed by atoms with Gasteiger partial charge in [-0.05, 0) is 49.3 Å². The van der Waals surface area contributed by atoms with Gasteiger partial charge in [0.05, 0.1) is 18.2 Å². The summed E-state index contributed by atoms with van der Waals surface area (Å²) in [7, 11) is 0. The largest absolute Gasteiger partial charge is 0.490 e.